The molecular weight excluding hydrogens is 276 g/mol. The number of aromatic nitrogens is 1. The number of hydrogen-bond donors (Lipinski definition) is 2. The van der Waals surface area contributed by atoms with Gasteiger partial charge in [-0.25, -0.2) is 4.98 Å². The molecule has 1 aromatic heterocycles. The van der Waals surface area contributed by atoms with Crippen LogP contribution in [0.25, 0.3) is 0 Å². The van der Waals surface area contributed by atoms with Crippen molar-refractivity contribution in [2.45, 2.75) is 12.8 Å². The van der Waals surface area contributed by atoms with Gasteiger partial charge in [0.25, 0.3) is 11.6 Å². The van der Waals surface area contributed by atoms with Gasteiger partial charge in [0.2, 0.25) is 0 Å². The highest BCUT2D eigenvalue weighted by atomic mass is 16.6. The Kier molecular flexibility index (Phi) is 4.69. The monoisotopic (exact) mass is 294 g/mol. The van der Waals surface area contributed by atoms with Crippen molar-refractivity contribution >= 4 is 17.4 Å². The van der Waals surface area contributed by atoms with Crippen molar-refractivity contribution in [3.63, 3.8) is 0 Å². The Bertz CT molecular complexity index is 549. The Hall–Kier alpha value is -2.22. The molecule has 0 aliphatic carbocycles. The largest absolute Gasteiger partial charge is 0.396 e. The summed E-state index contributed by atoms with van der Waals surface area (Å²) in [4.78, 5) is 28.4. The van der Waals surface area contributed by atoms with Gasteiger partial charge in [-0.3, -0.25) is 14.9 Å². The van der Waals surface area contributed by atoms with Gasteiger partial charge in [0.05, 0.1) is 10.5 Å². The molecule has 1 unspecified atom stereocenters. The number of carbonyl (C=O) groups excluding carboxylic acids is 1. The molecule has 2 heterocycles. The van der Waals surface area contributed by atoms with Gasteiger partial charge in [-0.2, -0.15) is 0 Å². The van der Waals surface area contributed by atoms with E-state index in [4.69, 9.17) is 5.11 Å². The summed E-state index contributed by atoms with van der Waals surface area (Å²) in [7, 11) is 1.61. The van der Waals surface area contributed by atoms with Crippen molar-refractivity contribution in [2.75, 3.05) is 32.1 Å². The molecule has 21 heavy (non-hydrogen) atoms. The van der Waals surface area contributed by atoms with E-state index in [1.54, 1.807) is 11.9 Å². The normalized spacial score (nSPS) is 17.8. The summed E-state index contributed by atoms with van der Waals surface area (Å²) in [5.74, 6) is 0.343. The first-order valence-electron chi connectivity index (χ1n) is 6.79. The van der Waals surface area contributed by atoms with E-state index in [1.165, 1.54) is 6.07 Å². The maximum absolute atomic E-state index is 12.5. The summed E-state index contributed by atoms with van der Waals surface area (Å²) in [5.41, 5.74) is -0.000182. The quantitative estimate of drug-likeness (QED) is 0.616. The molecule has 0 saturated carbocycles. The molecule has 0 aromatic carbocycles. The van der Waals surface area contributed by atoms with Crippen LogP contribution in [0.3, 0.4) is 0 Å². The molecule has 1 atom stereocenters. The number of nitrogens with one attached hydrogen (secondary N) is 1. The Morgan fingerprint density at radius 2 is 2.43 bits per heavy atom. The van der Waals surface area contributed by atoms with Gasteiger partial charge in [0.15, 0.2) is 0 Å². The molecule has 1 aromatic rings. The molecule has 0 bridgehead atoms. The molecule has 1 amide bonds. The molecule has 0 spiro atoms. The summed E-state index contributed by atoms with van der Waals surface area (Å²) >= 11 is 0. The maximum atomic E-state index is 12.5. The lowest BCUT2D eigenvalue weighted by Gasteiger charge is -2.17. The van der Waals surface area contributed by atoms with Crippen LogP contribution in [0.2, 0.25) is 0 Å². The number of pyridine rings is 1. The number of anilines is 1. The van der Waals surface area contributed by atoms with Crippen LogP contribution in [0, 0.1) is 16.0 Å². The summed E-state index contributed by atoms with van der Waals surface area (Å²) in [5, 5.41) is 22.6. The summed E-state index contributed by atoms with van der Waals surface area (Å²) < 4.78 is 0. The molecule has 1 aliphatic rings. The van der Waals surface area contributed by atoms with Crippen LogP contribution in [-0.2, 0) is 0 Å². The van der Waals surface area contributed by atoms with Gasteiger partial charge in [-0.05, 0) is 18.8 Å². The number of nitrogens with zero attached hydrogens (tertiary/aromatic N) is 3. The van der Waals surface area contributed by atoms with Crippen LogP contribution in [0.1, 0.15) is 23.2 Å². The predicted octanol–water partition coefficient (Wildman–Crippen LogP) is 0.876. The Morgan fingerprint density at radius 1 is 1.67 bits per heavy atom. The highest BCUT2D eigenvalue weighted by molar-refractivity contribution is 5.99. The lowest BCUT2D eigenvalue weighted by Crippen LogP contribution is -2.29. The fourth-order valence-electron chi connectivity index (χ4n) is 2.52. The molecule has 0 radical (unpaired) electrons. The van der Waals surface area contributed by atoms with Crippen LogP contribution < -0.4 is 5.32 Å². The van der Waals surface area contributed by atoms with Gasteiger partial charge >= 0.3 is 0 Å². The average Bonchev–Trinajstić information content (AvgIpc) is 2.94. The number of amides is 1. The number of aliphatic hydroxyl groups is 1. The zero-order valence-electron chi connectivity index (χ0n) is 11.8. The van der Waals surface area contributed by atoms with Crippen molar-refractivity contribution in [2.24, 2.45) is 5.92 Å². The van der Waals surface area contributed by atoms with E-state index in [1.807, 2.05) is 0 Å². The lowest BCUT2D eigenvalue weighted by molar-refractivity contribution is -0.385. The second-order valence-corrected chi connectivity index (χ2v) is 5.01. The molecule has 2 rings (SSSR count). The third kappa shape index (κ3) is 3.27. The summed E-state index contributed by atoms with van der Waals surface area (Å²) in [6.07, 6.45) is 2.63. The maximum Gasteiger partial charge on any atom is 0.288 e. The molecule has 2 N–H and O–H groups in total. The van der Waals surface area contributed by atoms with E-state index in [2.05, 4.69) is 10.3 Å². The van der Waals surface area contributed by atoms with Crippen LogP contribution in [0.4, 0.5) is 11.5 Å². The van der Waals surface area contributed by atoms with Gasteiger partial charge in [0, 0.05) is 32.8 Å². The van der Waals surface area contributed by atoms with Crippen LogP contribution >= 0.6 is 0 Å². The van der Waals surface area contributed by atoms with Crippen molar-refractivity contribution in [3.05, 3.63) is 27.9 Å². The smallest absolute Gasteiger partial charge is 0.288 e. The number of carbonyl (C=O) groups is 1. The van der Waals surface area contributed by atoms with E-state index in [0.717, 1.165) is 12.6 Å². The zero-order valence-corrected chi connectivity index (χ0v) is 11.8. The minimum absolute atomic E-state index is 0.104. The first-order chi connectivity index (χ1) is 10.1. The van der Waals surface area contributed by atoms with E-state index < -0.39 is 4.92 Å². The van der Waals surface area contributed by atoms with Crippen molar-refractivity contribution in [3.8, 4) is 0 Å². The van der Waals surface area contributed by atoms with E-state index in [0.29, 0.717) is 25.3 Å². The standard InChI is InChI=1S/C13H18N4O4/c1-14-12-11(6-10(7-15-12)17(20)21)13(19)16-4-2-9(8-16)3-5-18/h6-7,9,18H,2-5,8H2,1H3,(H,14,15). The molecule has 1 aliphatic heterocycles. The van der Waals surface area contributed by atoms with Crippen LogP contribution in [0.5, 0.6) is 0 Å². The first kappa shape index (κ1) is 15.2. The molecule has 1 fully saturated rings. The van der Waals surface area contributed by atoms with Gasteiger partial charge in [0.1, 0.15) is 12.0 Å². The molecule has 8 heteroatoms. The third-order valence-corrected chi connectivity index (χ3v) is 3.66. The third-order valence-electron chi connectivity index (χ3n) is 3.66. The van der Waals surface area contributed by atoms with Crippen LogP contribution in [0.15, 0.2) is 12.3 Å². The van der Waals surface area contributed by atoms with E-state index in [-0.39, 0.29) is 29.7 Å². The lowest BCUT2D eigenvalue weighted by atomic mass is 10.1. The summed E-state index contributed by atoms with van der Waals surface area (Å²) in [6, 6.07) is 1.25. The van der Waals surface area contributed by atoms with Crippen molar-refractivity contribution in [1.82, 2.24) is 9.88 Å². The fourth-order valence-corrected chi connectivity index (χ4v) is 2.52. The average molecular weight is 294 g/mol. The number of hydrogen-bond acceptors (Lipinski definition) is 6. The number of nitro groups is 1. The molecule has 114 valence electrons. The van der Waals surface area contributed by atoms with Gasteiger partial charge in [-0.1, -0.05) is 0 Å². The van der Waals surface area contributed by atoms with Gasteiger partial charge < -0.3 is 15.3 Å². The van der Waals surface area contributed by atoms with Crippen molar-refractivity contribution in [1.29, 1.82) is 0 Å². The number of aliphatic hydroxyl groups excluding tert-OH is 1. The highest BCUT2D eigenvalue weighted by Gasteiger charge is 2.29. The highest BCUT2D eigenvalue weighted by Crippen LogP contribution is 2.25. The molecular formula is C13H18N4O4. The number of likely N-dealkylation sites (tertiary alicyclic amines) is 1. The minimum atomic E-state index is -0.568. The zero-order chi connectivity index (χ0) is 15.4. The Labute approximate surface area is 121 Å². The first-order valence-corrected chi connectivity index (χ1v) is 6.79. The Morgan fingerprint density at radius 3 is 3.05 bits per heavy atom. The van der Waals surface area contributed by atoms with E-state index in [9.17, 15) is 14.9 Å². The molecule has 8 nitrogen and oxygen atoms in total. The second kappa shape index (κ2) is 6.49. The second-order valence-electron chi connectivity index (χ2n) is 5.01. The topological polar surface area (TPSA) is 109 Å². The minimum Gasteiger partial charge on any atom is -0.396 e. The SMILES string of the molecule is CNc1ncc([N+](=O)[O-])cc1C(=O)N1CCC(CCO)C1. The van der Waals surface area contributed by atoms with Crippen LogP contribution in [-0.4, -0.2) is 52.6 Å². The predicted molar refractivity (Wildman–Crippen MR) is 76.2 cm³/mol. The van der Waals surface area contributed by atoms with E-state index >= 15 is 0 Å². The molecule has 1 saturated heterocycles. The Balaban J connectivity index is 2.22. The van der Waals surface area contributed by atoms with Crippen molar-refractivity contribution < 1.29 is 14.8 Å². The fraction of sp³-hybridized carbons (Fsp3) is 0.538. The van der Waals surface area contributed by atoms with Gasteiger partial charge in [-0.15, -0.1) is 0 Å². The number of rotatable bonds is 5. The summed E-state index contributed by atoms with van der Waals surface area (Å²) in [6.45, 7) is 1.26.